The average Bonchev–Trinajstić information content (AvgIpc) is 3.18. The molecule has 112 valence electrons. The van der Waals surface area contributed by atoms with Crippen LogP contribution in [0.1, 0.15) is 19.3 Å². The number of nitrogens with two attached hydrogens (primary N) is 1. The van der Waals surface area contributed by atoms with Crippen LogP contribution in [0, 0.1) is 5.41 Å². The van der Waals surface area contributed by atoms with Gasteiger partial charge in [-0.3, -0.25) is 0 Å². The van der Waals surface area contributed by atoms with E-state index in [0.29, 0.717) is 17.6 Å². The molecule has 1 aromatic heterocycles. The van der Waals surface area contributed by atoms with E-state index in [9.17, 15) is 8.42 Å². The third-order valence-corrected chi connectivity index (χ3v) is 5.43. The Labute approximate surface area is 127 Å². The van der Waals surface area contributed by atoms with E-state index < -0.39 is 10.0 Å². The molecule has 0 spiro atoms. The molecule has 2 rings (SSSR count). The third-order valence-electron chi connectivity index (χ3n) is 3.57. The SMILES string of the molecule is COCCC1(CNS(=O)(=O)c2cc(Br)cnc2N)CC1. The first kappa shape index (κ1) is 15.7. The quantitative estimate of drug-likeness (QED) is 0.765. The largest absolute Gasteiger partial charge is 0.385 e. The third kappa shape index (κ3) is 3.69. The van der Waals surface area contributed by atoms with Gasteiger partial charge in [-0.1, -0.05) is 0 Å². The Morgan fingerprint density at radius 2 is 2.25 bits per heavy atom. The summed E-state index contributed by atoms with van der Waals surface area (Å²) in [5.74, 6) is 0.00226. The molecule has 0 bridgehead atoms. The van der Waals surface area contributed by atoms with Crippen LogP contribution in [0.4, 0.5) is 5.82 Å². The number of nitrogens with one attached hydrogen (secondary N) is 1. The Morgan fingerprint density at radius 1 is 1.55 bits per heavy atom. The Balaban J connectivity index is 2.06. The Hall–Kier alpha value is -0.700. The second-order valence-electron chi connectivity index (χ2n) is 5.10. The van der Waals surface area contributed by atoms with Crippen molar-refractivity contribution in [3.8, 4) is 0 Å². The molecule has 6 nitrogen and oxygen atoms in total. The molecule has 1 heterocycles. The van der Waals surface area contributed by atoms with Crippen molar-refractivity contribution in [1.82, 2.24) is 9.71 Å². The van der Waals surface area contributed by atoms with Gasteiger partial charge in [-0.25, -0.2) is 18.1 Å². The number of ether oxygens (including phenoxy) is 1. The van der Waals surface area contributed by atoms with Crippen molar-refractivity contribution in [1.29, 1.82) is 0 Å². The van der Waals surface area contributed by atoms with Crippen molar-refractivity contribution in [3.63, 3.8) is 0 Å². The summed E-state index contributed by atoms with van der Waals surface area (Å²) in [5.41, 5.74) is 5.68. The lowest BCUT2D eigenvalue weighted by molar-refractivity contribution is 0.173. The number of halogens is 1. The molecule has 0 radical (unpaired) electrons. The number of anilines is 1. The maximum absolute atomic E-state index is 12.3. The van der Waals surface area contributed by atoms with E-state index >= 15 is 0 Å². The first-order valence-corrected chi connectivity index (χ1v) is 8.56. The number of aromatic nitrogens is 1. The van der Waals surface area contributed by atoms with E-state index in [1.54, 1.807) is 7.11 Å². The maximum Gasteiger partial charge on any atom is 0.244 e. The summed E-state index contributed by atoms with van der Waals surface area (Å²) in [7, 11) is -1.99. The molecule has 1 fully saturated rings. The van der Waals surface area contributed by atoms with E-state index in [2.05, 4.69) is 25.6 Å². The van der Waals surface area contributed by atoms with Crippen LogP contribution in [0.2, 0.25) is 0 Å². The van der Waals surface area contributed by atoms with Gasteiger partial charge in [0.15, 0.2) is 0 Å². The number of pyridine rings is 1. The summed E-state index contributed by atoms with van der Waals surface area (Å²) in [6.07, 6.45) is 4.36. The zero-order chi connectivity index (χ0) is 14.8. The van der Waals surface area contributed by atoms with Crippen LogP contribution >= 0.6 is 15.9 Å². The van der Waals surface area contributed by atoms with Crippen LogP contribution in [0.25, 0.3) is 0 Å². The monoisotopic (exact) mass is 363 g/mol. The fraction of sp³-hybridized carbons (Fsp3) is 0.583. The van der Waals surface area contributed by atoms with Crippen LogP contribution in [-0.4, -0.2) is 33.7 Å². The number of hydrogen-bond acceptors (Lipinski definition) is 5. The molecular formula is C12H18BrN3O3S. The van der Waals surface area contributed by atoms with Gasteiger partial charge in [0.2, 0.25) is 10.0 Å². The van der Waals surface area contributed by atoms with E-state index in [4.69, 9.17) is 10.5 Å². The summed E-state index contributed by atoms with van der Waals surface area (Å²) in [4.78, 5) is 3.86. The number of sulfonamides is 1. The van der Waals surface area contributed by atoms with E-state index in [1.165, 1.54) is 12.3 Å². The van der Waals surface area contributed by atoms with Gasteiger partial charge in [0, 0.05) is 30.9 Å². The lowest BCUT2D eigenvalue weighted by Crippen LogP contribution is -2.31. The highest BCUT2D eigenvalue weighted by molar-refractivity contribution is 9.10. The van der Waals surface area contributed by atoms with Crippen molar-refractivity contribution in [2.75, 3.05) is 26.0 Å². The number of nitrogens with zero attached hydrogens (tertiary/aromatic N) is 1. The molecule has 1 saturated carbocycles. The summed E-state index contributed by atoms with van der Waals surface area (Å²) >= 11 is 3.20. The van der Waals surface area contributed by atoms with Crippen LogP contribution in [0.5, 0.6) is 0 Å². The van der Waals surface area contributed by atoms with Gasteiger partial charge in [0.25, 0.3) is 0 Å². The molecule has 20 heavy (non-hydrogen) atoms. The summed E-state index contributed by atoms with van der Waals surface area (Å²) in [5, 5.41) is 0. The zero-order valence-corrected chi connectivity index (χ0v) is 13.6. The molecule has 0 aromatic carbocycles. The Kier molecular flexibility index (Phi) is 4.68. The van der Waals surface area contributed by atoms with Gasteiger partial charge >= 0.3 is 0 Å². The van der Waals surface area contributed by atoms with Gasteiger partial charge in [-0.05, 0) is 46.7 Å². The molecule has 0 aliphatic heterocycles. The van der Waals surface area contributed by atoms with Crippen LogP contribution < -0.4 is 10.5 Å². The van der Waals surface area contributed by atoms with E-state index in [-0.39, 0.29) is 16.1 Å². The Bertz CT molecular complexity index is 588. The second kappa shape index (κ2) is 5.97. The van der Waals surface area contributed by atoms with Crippen molar-refractivity contribution in [2.24, 2.45) is 5.41 Å². The first-order chi connectivity index (χ1) is 9.38. The smallest absolute Gasteiger partial charge is 0.244 e. The molecule has 1 aromatic rings. The lowest BCUT2D eigenvalue weighted by atomic mass is 10.0. The normalized spacial score (nSPS) is 17.1. The fourth-order valence-electron chi connectivity index (χ4n) is 1.98. The predicted molar refractivity (Wildman–Crippen MR) is 79.7 cm³/mol. The fourth-order valence-corrected chi connectivity index (χ4v) is 3.73. The lowest BCUT2D eigenvalue weighted by Gasteiger charge is -2.16. The highest BCUT2D eigenvalue weighted by atomic mass is 79.9. The molecule has 1 aliphatic carbocycles. The van der Waals surface area contributed by atoms with Crippen LogP contribution in [0.3, 0.4) is 0 Å². The maximum atomic E-state index is 12.3. The molecule has 8 heteroatoms. The van der Waals surface area contributed by atoms with Crippen molar-refractivity contribution in [3.05, 3.63) is 16.7 Å². The minimum Gasteiger partial charge on any atom is -0.385 e. The van der Waals surface area contributed by atoms with E-state index in [1.807, 2.05) is 0 Å². The average molecular weight is 364 g/mol. The summed E-state index contributed by atoms with van der Waals surface area (Å²) < 4.78 is 32.8. The van der Waals surface area contributed by atoms with Gasteiger partial charge in [0.1, 0.15) is 10.7 Å². The van der Waals surface area contributed by atoms with Gasteiger partial charge in [-0.2, -0.15) is 0 Å². The predicted octanol–water partition coefficient (Wildman–Crippen LogP) is 1.52. The number of methoxy groups -OCH3 is 1. The molecule has 0 amide bonds. The first-order valence-electron chi connectivity index (χ1n) is 6.28. The molecule has 0 unspecified atom stereocenters. The molecule has 0 saturated heterocycles. The van der Waals surface area contributed by atoms with E-state index in [0.717, 1.165) is 19.3 Å². The molecule has 0 atom stereocenters. The molecule has 3 N–H and O–H groups in total. The second-order valence-corrected chi connectivity index (χ2v) is 7.76. The van der Waals surface area contributed by atoms with Gasteiger partial charge in [-0.15, -0.1) is 0 Å². The minimum absolute atomic E-state index is 0.00226. The van der Waals surface area contributed by atoms with Crippen LogP contribution in [0.15, 0.2) is 21.6 Å². The Morgan fingerprint density at radius 3 is 2.85 bits per heavy atom. The number of nitrogen functional groups attached to an aromatic ring is 1. The molecular weight excluding hydrogens is 346 g/mol. The standard InChI is InChI=1S/C12H18BrN3O3S/c1-19-5-4-12(2-3-12)8-16-20(17,18)10-6-9(13)7-15-11(10)14/h6-7,16H,2-5,8H2,1H3,(H2,14,15). The van der Waals surface area contributed by atoms with Crippen molar-refractivity contribution in [2.45, 2.75) is 24.2 Å². The minimum atomic E-state index is -3.64. The van der Waals surface area contributed by atoms with Gasteiger partial charge < -0.3 is 10.5 Å². The zero-order valence-electron chi connectivity index (χ0n) is 11.2. The highest BCUT2D eigenvalue weighted by Crippen LogP contribution is 2.48. The van der Waals surface area contributed by atoms with Crippen LogP contribution in [-0.2, 0) is 14.8 Å². The van der Waals surface area contributed by atoms with Crippen molar-refractivity contribution >= 4 is 31.8 Å². The van der Waals surface area contributed by atoms with Gasteiger partial charge in [0.05, 0.1) is 0 Å². The summed E-state index contributed by atoms with van der Waals surface area (Å²) in [6, 6.07) is 1.46. The number of rotatable bonds is 7. The summed E-state index contributed by atoms with van der Waals surface area (Å²) in [6.45, 7) is 1.05. The molecule has 1 aliphatic rings. The highest BCUT2D eigenvalue weighted by Gasteiger charge is 2.42. The topological polar surface area (TPSA) is 94.3 Å². The number of hydrogen-bond donors (Lipinski definition) is 2. The van der Waals surface area contributed by atoms with Crippen molar-refractivity contribution < 1.29 is 13.2 Å².